The maximum absolute atomic E-state index is 12.1. The number of hydrogen-bond donors (Lipinski definition) is 3. The number of Topliss-reactive ketones (excluding diaryl/α,β-unsaturated/α-hetero) is 1. The van der Waals surface area contributed by atoms with E-state index >= 15 is 0 Å². The smallest absolute Gasteiger partial charge is 0.335 e. The molecule has 0 aromatic heterocycles. The van der Waals surface area contributed by atoms with Gasteiger partial charge in [-0.3, -0.25) is 14.9 Å². The van der Waals surface area contributed by atoms with Crippen molar-refractivity contribution in [3.05, 3.63) is 63.2 Å². The Morgan fingerprint density at radius 1 is 1.04 bits per heavy atom. The number of carboxylic acids is 1. The van der Waals surface area contributed by atoms with Crippen molar-refractivity contribution in [2.75, 3.05) is 0 Å². The summed E-state index contributed by atoms with van der Waals surface area (Å²) in [5.74, 6) is -3.28. The molecule has 0 heterocycles. The summed E-state index contributed by atoms with van der Waals surface area (Å²) in [7, 11) is 0. The monoisotopic (exact) mass is 317 g/mol. The zero-order valence-corrected chi connectivity index (χ0v) is 11.6. The molecule has 2 aromatic rings. The molecule has 0 saturated heterocycles. The number of hydrogen-bond acceptors (Lipinski definition) is 6. The predicted octanol–water partition coefficient (Wildman–Crippen LogP) is 2.13. The molecule has 3 N–H and O–H groups in total. The minimum Gasteiger partial charge on any atom is -0.504 e. The van der Waals surface area contributed by atoms with Gasteiger partial charge in [0, 0.05) is 18.1 Å². The van der Waals surface area contributed by atoms with Crippen LogP contribution in [0, 0.1) is 10.1 Å². The van der Waals surface area contributed by atoms with E-state index in [0.717, 1.165) is 12.1 Å². The lowest BCUT2D eigenvalue weighted by atomic mass is 10.0. The van der Waals surface area contributed by atoms with Crippen molar-refractivity contribution < 1.29 is 29.8 Å². The largest absolute Gasteiger partial charge is 0.504 e. The Morgan fingerprint density at radius 2 is 1.65 bits per heavy atom. The fraction of sp³-hybridized carbons (Fsp3) is 0.0667. The van der Waals surface area contributed by atoms with Crippen LogP contribution in [0.3, 0.4) is 0 Å². The van der Waals surface area contributed by atoms with Crippen LogP contribution in [0.1, 0.15) is 26.3 Å². The highest BCUT2D eigenvalue weighted by Crippen LogP contribution is 2.36. The summed E-state index contributed by atoms with van der Waals surface area (Å²) in [6, 6.07) is 7.40. The van der Waals surface area contributed by atoms with Crippen molar-refractivity contribution in [1.82, 2.24) is 0 Å². The highest BCUT2D eigenvalue weighted by molar-refractivity contribution is 5.99. The van der Waals surface area contributed by atoms with Gasteiger partial charge in [0.15, 0.2) is 11.5 Å². The maximum atomic E-state index is 12.1. The summed E-state index contributed by atoms with van der Waals surface area (Å²) in [6.45, 7) is 0. The van der Waals surface area contributed by atoms with Crippen LogP contribution in [0.15, 0.2) is 36.4 Å². The second kappa shape index (κ2) is 6.14. The molecule has 8 heteroatoms. The van der Waals surface area contributed by atoms with Gasteiger partial charge < -0.3 is 15.3 Å². The summed E-state index contributed by atoms with van der Waals surface area (Å²) in [5.41, 5.74) is -0.321. The second-order valence-corrected chi connectivity index (χ2v) is 4.72. The standard InChI is InChI=1S/C15H11NO7/c17-12(5-8-1-3-9(4-2-8)15(20)21)10-6-11(16(22)23)14(19)13(18)7-10/h1-4,6-7,18-19H,5H2,(H,20,21). The summed E-state index contributed by atoms with van der Waals surface area (Å²) in [6.07, 6.45) is -0.138. The van der Waals surface area contributed by atoms with Crippen molar-refractivity contribution in [2.45, 2.75) is 6.42 Å². The van der Waals surface area contributed by atoms with Crippen molar-refractivity contribution in [3.63, 3.8) is 0 Å². The molecule has 23 heavy (non-hydrogen) atoms. The molecule has 0 radical (unpaired) electrons. The number of phenolic OH excluding ortho intramolecular Hbond substituents is 2. The number of carboxylic acid groups (broad SMARTS) is 1. The van der Waals surface area contributed by atoms with E-state index in [2.05, 4.69) is 0 Å². The van der Waals surface area contributed by atoms with E-state index in [1.54, 1.807) is 0 Å². The normalized spacial score (nSPS) is 10.3. The molecule has 0 atom stereocenters. The number of phenols is 2. The van der Waals surface area contributed by atoms with Crippen molar-refractivity contribution >= 4 is 17.4 Å². The number of aromatic hydroxyl groups is 2. The molecule has 0 unspecified atom stereocenters. The minimum absolute atomic E-state index is 0.0686. The first-order valence-electron chi connectivity index (χ1n) is 6.35. The van der Waals surface area contributed by atoms with E-state index in [1.807, 2.05) is 0 Å². The first kappa shape index (κ1) is 16.0. The molecule has 0 aliphatic rings. The van der Waals surface area contributed by atoms with Gasteiger partial charge in [0.25, 0.3) is 0 Å². The van der Waals surface area contributed by atoms with Gasteiger partial charge in [0.1, 0.15) is 0 Å². The molecule has 0 aliphatic carbocycles. The number of benzene rings is 2. The molecule has 0 aliphatic heterocycles. The van der Waals surface area contributed by atoms with Gasteiger partial charge >= 0.3 is 11.7 Å². The van der Waals surface area contributed by atoms with Gasteiger partial charge in [-0.05, 0) is 23.8 Å². The van der Waals surface area contributed by atoms with Gasteiger partial charge in [0.2, 0.25) is 5.75 Å². The molecule has 0 bridgehead atoms. The topological polar surface area (TPSA) is 138 Å². The van der Waals surface area contributed by atoms with E-state index in [-0.39, 0.29) is 17.5 Å². The first-order chi connectivity index (χ1) is 10.8. The molecule has 118 valence electrons. The molecule has 0 amide bonds. The number of nitro groups is 1. The lowest BCUT2D eigenvalue weighted by molar-refractivity contribution is -0.386. The summed E-state index contributed by atoms with van der Waals surface area (Å²) in [4.78, 5) is 32.8. The van der Waals surface area contributed by atoms with Gasteiger partial charge in [0.05, 0.1) is 10.5 Å². The molecule has 8 nitrogen and oxygen atoms in total. The molecule has 0 spiro atoms. The number of ketones is 1. The van der Waals surface area contributed by atoms with Gasteiger partial charge in [-0.1, -0.05) is 12.1 Å². The van der Waals surface area contributed by atoms with Crippen molar-refractivity contribution in [3.8, 4) is 11.5 Å². The zero-order valence-electron chi connectivity index (χ0n) is 11.6. The molecule has 0 saturated carbocycles. The van der Waals surface area contributed by atoms with E-state index in [9.17, 15) is 29.9 Å². The van der Waals surface area contributed by atoms with E-state index in [1.165, 1.54) is 24.3 Å². The zero-order chi connectivity index (χ0) is 17.1. The Bertz CT molecular complexity index is 796. The fourth-order valence-electron chi connectivity index (χ4n) is 1.96. The Balaban J connectivity index is 2.27. The van der Waals surface area contributed by atoms with E-state index < -0.39 is 33.9 Å². The van der Waals surface area contributed by atoms with Gasteiger partial charge in [-0.25, -0.2) is 4.79 Å². The Hall–Kier alpha value is -3.42. The van der Waals surface area contributed by atoms with Crippen LogP contribution in [0.25, 0.3) is 0 Å². The summed E-state index contributed by atoms with van der Waals surface area (Å²) in [5, 5.41) is 38.4. The highest BCUT2D eigenvalue weighted by atomic mass is 16.6. The van der Waals surface area contributed by atoms with Crippen LogP contribution in [0.2, 0.25) is 0 Å². The molecule has 2 aromatic carbocycles. The SMILES string of the molecule is O=C(O)c1ccc(CC(=O)c2cc(O)c(O)c([N+](=O)[O-])c2)cc1. The second-order valence-electron chi connectivity index (χ2n) is 4.72. The lowest BCUT2D eigenvalue weighted by Gasteiger charge is -2.05. The van der Waals surface area contributed by atoms with Crippen LogP contribution >= 0.6 is 0 Å². The molecule has 0 fully saturated rings. The maximum Gasteiger partial charge on any atom is 0.335 e. The molecular formula is C15H11NO7. The van der Waals surface area contributed by atoms with E-state index in [0.29, 0.717) is 5.56 Å². The van der Waals surface area contributed by atoms with Crippen LogP contribution in [0.4, 0.5) is 5.69 Å². The Kier molecular flexibility index (Phi) is 4.26. The van der Waals surface area contributed by atoms with Crippen molar-refractivity contribution in [2.24, 2.45) is 0 Å². The van der Waals surface area contributed by atoms with Gasteiger partial charge in [-0.2, -0.15) is 0 Å². The van der Waals surface area contributed by atoms with Crippen LogP contribution in [-0.4, -0.2) is 32.0 Å². The third-order valence-electron chi connectivity index (χ3n) is 3.15. The van der Waals surface area contributed by atoms with E-state index in [4.69, 9.17) is 5.11 Å². The average molecular weight is 317 g/mol. The summed E-state index contributed by atoms with van der Waals surface area (Å²) < 4.78 is 0. The van der Waals surface area contributed by atoms with Crippen LogP contribution < -0.4 is 0 Å². The number of aromatic carboxylic acids is 1. The number of carbonyl (C=O) groups is 2. The third kappa shape index (κ3) is 3.43. The minimum atomic E-state index is -1.10. The number of rotatable bonds is 5. The molecular weight excluding hydrogens is 306 g/mol. The number of carbonyl (C=O) groups excluding carboxylic acids is 1. The van der Waals surface area contributed by atoms with Crippen molar-refractivity contribution in [1.29, 1.82) is 0 Å². The predicted molar refractivity (Wildman–Crippen MR) is 77.9 cm³/mol. The quantitative estimate of drug-likeness (QED) is 0.332. The average Bonchev–Trinajstić information content (AvgIpc) is 2.49. The molecule has 2 rings (SSSR count). The number of nitro benzene ring substituents is 1. The summed E-state index contributed by atoms with van der Waals surface area (Å²) >= 11 is 0. The Labute approximate surface area is 129 Å². The first-order valence-corrected chi connectivity index (χ1v) is 6.35. The highest BCUT2D eigenvalue weighted by Gasteiger charge is 2.21. The van der Waals surface area contributed by atoms with Crippen LogP contribution in [-0.2, 0) is 6.42 Å². The van der Waals surface area contributed by atoms with Gasteiger partial charge in [-0.15, -0.1) is 0 Å². The van der Waals surface area contributed by atoms with Crippen LogP contribution in [0.5, 0.6) is 11.5 Å². The number of nitrogens with zero attached hydrogens (tertiary/aromatic N) is 1. The fourth-order valence-corrected chi connectivity index (χ4v) is 1.96. The lowest BCUT2D eigenvalue weighted by Crippen LogP contribution is -2.05. The Morgan fingerprint density at radius 3 is 2.17 bits per heavy atom. The third-order valence-corrected chi connectivity index (χ3v) is 3.15.